The summed E-state index contributed by atoms with van der Waals surface area (Å²) in [5.41, 5.74) is 2.32. The van der Waals surface area contributed by atoms with Crippen LogP contribution in [0.1, 0.15) is 29.4 Å². The normalized spacial score (nSPS) is 19.2. The first-order chi connectivity index (χ1) is 20.0. The highest BCUT2D eigenvalue weighted by atomic mass is 16.5. The van der Waals surface area contributed by atoms with Crippen molar-refractivity contribution in [2.75, 3.05) is 39.4 Å². The van der Waals surface area contributed by atoms with Crippen LogP contribution in [-0.2, 0) is 14.3 Å². The molecule has 0 spiro atoms. The number of carbonyl (C=O) groups excluding carboxylic acids is 2. The number of imidazole rings is 1. The molecule has 1 amide bonds. The lowest BCUT2D eigenvalue weighted by atomic mass is 9.96. The van der Waals surface area contributed by atoms with Gasteiger partial charge in [0.15, 0.2) is 5.76 Å². The van der Waals surface area contributed by atoms with Crippen LogP contribution in [0.15, 0.2) is 84.6 Å². The summed E-state index contributed by atoms with van der Waals surface area (Å²) in [5, 5.41) is 11.7. The predicted octanol–water partition coefficient (Wildman–Crippen LogP) is 4.58. The van der Waals surface area contributed by atoms with Crippen molar-refractivity contribution in [3.8, 4) is 11.5 Å². The Balaban J connectivity index is 1.40. The molecule has 2 fully saturated rings. The van der Waals surface area contributed by atoms with Crippen molar-refractivity contribution in [2.24, 2.45) is 0 Å². The van der Waals surface area contributed by atoms with Crippen molar-refractivity contribution in [2.45, 2.75) is 19.4 Å². The second-order valence-electron chi connectivity index (χ2n) is 10.3. The number of nitrogens with zero attached hydrogens (tertiary/aromatic N) is 4. The Morgan fingerprint density at radius 1 is 0.976 bits per heavy atom. The maximum Gasteiger partial charge on any atom is 0.295 e. The fourth-order valence-electron chi connectivity index (χ4n) is 5.65. The molecule has 1 unspecified atom stereocenters. The van der Waals surface area contributed by atoms with Crippen LogP contribution < -0.4 is 4.74 Å². The first-order valence-electron chi connectivity index (χ1n) is 13.9. The Morgan fingerprint density at radius 2 is 1.73 bits per heavy atom. The molecule has 2 aliphatic rings. The minimum Gasteiger partial charge on any atom is -0.505 e. The summed E-state index contributed by atoms with van der Waals surface area (Å²) >= 11 is 0. The Hall–Kier alpha value is -4.47. The number of aromatic nitrogens is 2. The number of hydrogen-bond donors (Lipinski definition) is 1. The largest absolute Gasteiger partial charge is 0.505 e. The number of carbonyl (C=O) groups is 2. The van der Waals surface area contributed by atoms with Gasteiger partial charge < -0.3 is 19.5 Å². The zero-order valence-corrected chi connectivity index (χ0v) is 22.9. The van der Waals surface area contributed by atoms with Gasteiger partial charge in [0.2, 0.25) is 0 Å². The van der Waals surface area contributed by atoms with Crippen molar-refractivity contribution in [3.63, 3.8) is 0 Å². The molecule has 1 atom stereocenters. The number of fused-ring (bicyclic) bond motifs is 1. The number of aryl methyl sites for hydroxylation is 1. The first-order valence-corrected chi connectivity index (χ1v) is 13.9. The highest BCUT2D eigenvalue weighted by molar-refractivity contribution is 6.46. The average molecular weight is 553 g/mol. The maximum atomic E-state index is 13.6. The minimum absolute atomic E-state index is 0.0481. The van der Waals surface area contributed by atoms with Crippen LogP contribution in [0.3, 0.4) is 0 Å². The van der Waals surface area contributed by atoms with Gasteiger partial charge in [0.1, 0.15) is 22.8 Å². The Morgan fingerprint density at radius 3 is 2.54 bits per heavy atom. The predicted molar refractivity (Wildman–Crippen MR) is 154 cm³/mol. The van der Waals surface area contributed by atoms with Gasteiger partial charge in [0.05, 0.1) is 30.5 Å². The lowest BCUT2D eigenvalue weighted by molar-refractivity contribution is -0.140. The molecule has 2 aromatic carbocycles. The molecular formula is C32H32N4O5. The monoisotopic (exact) mass is 552 g/mol. The Bertz CT molecular complexity index is 1610. The van der Waals surface area contributed by atoms with E-state index < -0.39 is 17.7 Å². The molecule has 0 radical (unpaired) electrons. The number of aliphatic hydroxyl groups is 1. The van der Waals surface area contributed by atoms with Crippen molar-refractivity contribution < 1.29 is 24.2 Å². The average Bonchev–Trinajstić information content (AvgIpc) is 3.46. The first kappa shape index (κ1) is 26.7. The van der Waals surface area contributed by atoms with Crippen LogP contribution in [0.4, 0.5) is 0 Å². The van der Waals surface area contributed by atoms with E-state index in [2.05, 4.69) is 9.88 Å². The number of rotatable bonds is 8. The number of amides is 1. The van der Waals surface area contributed by atoms with E-state index in [9.17, 15) is 14.7 Å². The van der Waals surface area contributed by atoms with Crippen LogP contribution in [0.5, 0.6) is 11.5 Å². The number of morpholine rings is 1. The van der Waals surface area contributed by atoms with Gasteiger partial charge in [-0.3, -0.25) is 18.9 Å². The van der Waals surface area contributed by atoms with Gasteiger partial charge >= 0.3 is 0 Å². The molecule has 4 heterocycles. The summed E-state index contributed by atoms with van der Waals surface area (Å²) in [4.78, 5) is 35.6. The summed E-state index contributed by atoms with van der Waals surface area (Å²) in [6, 6.07) is 21.5. The quantitative estimate of drug-likeness (QED) is 0.194. The van der Waals surface area contributed by atoms with Gasteiger partial charge in [0.25, 0.3) is 11.7 Å². The molecule has 2 aliphatic heterocycles. The molecule has 0 saturated carbocycles. The number of ether oxygens (including phenoxy) is 2. The minimum atomic E-state index is -0.785. The summed E-state index contributed by atoms with van der Waals surface area (Å²) in [5.74, 6) is -0.336. The molecule has 4 aromatic rings. The zero-order valence-electron chi connectivity index (χ0n) is 22.9. The van der Waals surface area contributed by atoms with Gasteiger partial charge in [-0.1, -0.05) is 36.4 Å². The van der Waals surface area contributed by atoms with Crippen LogP contribution >= 0.6 is 0 Å². The summed E-state index contributed by atoms with van der Waals surface area (Å²) in [7, 11) is 0. The van der Waals surface area contributed by atoms with Crippen LogP contribution in [-0.4, -0.2) is 75.4 Å². The summed E-state index contributed by atoms with van der Waals surface area (Å²) < 4.78 is 13.3. The lowest BCUT2D eigenvalue weighted by Gasteiger charge is -2.29. The number of likely N-dealkylation sites (tertiary alicyclic amines) is 1. The van der Waals surface area contributed by atoms with Gasteiger partial charge in [-0.15, -0.1) is 0 Å². The van der Waals surface area contributed by atoms with E-state index in [1.54, 1.807) is 22.4 Å². The van der Waals surface area contributed by atoms with Gasteiger partial charge in [0, 0.05) is 32.4 Å². The summed E-state index contributed by atoms with van der Waals surface area (Å²) in [6.07, 6.45) is 2.46. The molecule has 9 heteroatoms. The van der Waals surface area contributed by atoms with Gasteiger partial charge in [-0.05, 0) is 55.3 Å². The van der Waals surface area contributed by atoms with Crippen molar-refractivity contribution in [3.05, 3.63) is 102 Å². The number of Topliss-reactive ketones (excluding diaryl/α,β-unsaturated/α-hetero) is 1. The molecule has 2 saturated heterocycles. The lowest BCUT2D eigenvalue weighted by Crippen LogP contribution is -2.38. The fourth-order valence-corrected chi connectivity index (χ4v) is 5.65. The fraction of sp³-hybridized carbons (Fsp3) is 0.281. The molecule has 6 rings (SSSR count). The van der Waals surface area contributed by atoms with E-state index in [0.717, 1.165) is 19.6 Å². The molecule has 41 heavy (non-hydrogen) atoms. The van der Waals surface area contributed by atoms with Gasteiger partial charge in [-0.2, -0.15) is 0 Å². The van der Waals surface area contributed by atoms with Crippen LogP contribution in [0, 0.1) is 6.92 Å². The second kappa shape index (κ2) is 11.6. The molecule has 9 nitrogen and oxygen atoms in total. The number of aliphatic hydroxyl groups excluding tert-OH is 1. The highest BCUT2D eigenvalue weighted by Crippen LogP contribution is 2.41. The zero-order chi connectivity index (χ0) is 28.3. The molecule has 1 N–H and O–H groups in total. The van der Waals surface area contributed by atoms with E-state index in [0.29, 0.717) is 60.3 Å². The van der Waals surface area contributed by atoms with Crippen LogP contribution in [0.2, 0.25) is 0 Å². The van der Waals surface area contributed by atoms with Crippen molar-refractivity contribution in [1.82, 2.24) is 19.2 Å². The topological polar surface area (TPSA) is 96.6 Å². The van der Waals surface area contributed by atoms with Crippen molar-refractivity contribution in [1.29, 1.82) is 0 Å². The number of pyridine rings is 1. The second-order valence-corrected chi connectivity index (χ2v) is 10.3. The maximum absolute atomic E-state index is 13.6. The SMILES string of the molecule is Cc1nc2ccccn2c1/C(O)=C1\C(=O)C(=O)N(CCCN2CCOCC2)C1c1cccc(Oc2ccccc2)c1. The van der Waals surface area contributed by atoms with Gasteiger partial charge in [-0.25, -0.2) is 4.98 Å². The smallest absolute Gasteiger partial charge is 0.295 e. The number of ketones is 1. The van der Waals surface area contributed by atoms with Crippen molar-refractivity contribution >= 4 is 23.1 Å². The van der Waals surface area contributed by atoms with E-state index in [-0.39, 0.29) is 11.3 Å². The Kier molecular flexibility index (Phi) is 7.54. The standard InChI is InChI=1S/C32H32N4O5/c1-22-28(35-15-6-5-13-26(35)33-22)30(37)27-29(23-9-7-12-25(21-23)41-24-10-3-2-4-11-24)36(32(39)31(27)38)16-8-14-34-17-19-40-20-18-34/h2-7,9-13,15,21,29,37H,8,14,16-20H2,1H3/b30-27+. The van der Waals surface area contributed by atoms with E-state index in [4.69, 9.17) is 9.47 Å². The number of hydrogen-bond acceptors (Lipinski definition) is 7. The van der Waals surface area contributed by atoms with E-state index >= 15 is 0 Å². The molecule has 0 aliphatic carbocycles. The number of para-hydroxylation sites is 1. The van der Waals surface area contributed by atoms with E-state index in [1.165, 1.54) is 0 Å². The summed E-state index contributed by atoms with van der Waals surface area (Å²) in [6.45, 7) is 5.99. The van der Waals surface area contributed by atoms with E-state index in [1.807, 2.05) is 72.8 Å². The molecule has 0 bridgehead atoms. The third kappa shape index (κ3) is 5.33. The molecular weight excluding hydrogens is 520 g/mol. The Labute approximate surface area is 238 Å². The highest BCUT2D eigenvalue weighted by Gasteiger charge is 2.46. The third-order valence-electron chi connectivity index (χ3n) is 7.60. The van der Waals surface area contributed by atoms with Crippen LogP contribution in [0.25, 0.3) is 11.4 Å². The third-order valence-corrected chi connectivity index (χ3v) is 7.60. The molecule has 210 valence electrons. The molecule has 2 aromatic heterocycles. The number of benzene rings is 2.